The standard InChI is InChI=1S/C18H31NO2/c1-6-15(13-18(3,4)5)16-7-9-17(10-8-16)21-14(2)20-12-11-19/h7-10,14-15H,6,11-13,19H2,1-5H3. The fourth-order valence-corrected chi connectivity index (χ4v) is 2.52. The van der Waals surface area contributed by atoms with Gasteiger partial charge in [0.15, 0.2) is 6.29 Å². The Hall–Kier alpha value is -1.06. The Morgan fingerprint density at radius 1 is 1.14 bits per heavy atom. The van der Waals surface area contributed by atoms with Gasteiger partial charge < -0.3 is 15.2 Å². The van der Waals surface area contributed by atoms with Gasteiger partial charge in [-0.3, -0.25) is 0 Å². The van der Waals surface area contributed by atoms with Crippen molar-refractivity contribution in [2.45, 2.75) is 59.7 Å². The molecule has 2 unspecified atom stereocenters. The van der Waals surface area contributed by atoms with Gasteiger partial charge in [-0.25, -0.2) is 0 Å². The zero-order valence-electron chi connectivity index (χ0n) is 14.2. The third-order valence-electron chi connectivity index (χ3n) is 3.48. The summed E-state index contributed by atoms with van der Waals surface area (Å²) in [5.41, 5.74) is 7.14. The third kappa shape index (κ3) is 6.96. The van der Waals surface area contributed by atoms with Crippen LogP contribution in [0.15, 0.2) is 24.3 Å². The van der Waals surface area contributed by atoms with E-state index >= 15 is 0 Å². The highest BCUT2D eigenvalue weighted by atomic mass is 16.7. The molecule has 1 rings (SSSR count). The number of rotatable bonds is 8. The molecule has 0 aliphatic heterocycles. The molecule has 0 radical (unpaired) electrons. The summed E-state index contributed by atoms with van der Waals surface area (Å²) in [6, 6.07) is 8.40. The van der Waals surface area contributed by atoms with Crippen molar-refractivity contribution in [2.24, 2.45) is 11.1 Å². The average Bonchev–Trinajstić information content (AvgIpc) is 2.42. The van der Waals surface area contributed by atoms with E-state index in [1.807, 2.05) is 19.1 Å². The zero-order chi connectivity index (χ0) is 15.9. The van der Waals surface area contributed by atoms with Crippen LogP contribution < -0.4 is 10.5 Å². The van der Waals surface area contributed by atoms with Gasteiger partial charge in [0.1, 0.15) is 5.75 Å². The van der Waals surface area contributed by atoms with Crippen molar-refractivity contribution in [1.82, 2.24) is 0 Å². The van der Waals surface area contributed by atoms with Crippen molar-refractivity contribution in [3.05, 3.63) is 29.8 Å². The summed E-state index contributed by atoms with van der Waals surface area (Å²) in [7, 11) is 0. The molecule has 2 atom stereocenters. The van der Waals surface area contributed by atoms with Crippen molar-refractivity contribution in [2.75, 3.05) is 13.2 Å². The Labute approximate surface area is 129 Å². The molecule has 1 aromatic carbocycles. The van der Waals surface area contributed by atoms with Crippen molar-refractivity contribution in [3.8, 4) is 5.75 Å². The molecule has 0 aromatic heterocycles. The number of benzene rings is 1. The highest BCUT2D eigenvalue weighted by Gasteiger charge is 2.19. The summed E-state index contributed by atoms with van der Waals surface area (Å²) in [5, 5.41) is 0. The van der Waals surface area contributed by atoms with Crippen molar-refractivity contribution < 1.29 is 9.47 Å². The van der Waals surface area contributed by atoms with E-state index in [4.69, 9.17) is 15.2 Å². The average molecular weight is 293 g/mol. The van der Waals surface area contributed by atoms with Gasteiger partial charge in [0.25, 0.3) is 0 Å². The Morgan fingerprint density at radius 3 is 2.24 bits per heavy atom. The first-order chi connectivity index (χ1) is 9.85. The molecule has 0 bridgehead atoms. The van der Waals surface area contributed by atoms with E-state index in [-0.39, 0.29) is 6.29 Å². The molecule has 0 aliphatic carbocycles. The lowest BCUT2D eigenvalue weighted by molar-refractivity contribution is -0.0634. The van der Waals surface area contributed by atoms with E-state index in [2.05, 4.69) is 39.8 Å². The molecule has 0 fully saturated rings. The fraction of sp³-hybridized carbons (Fsp3) is 0.667. The van der Waals surface area contributed by atoms with Crippen molar-refractivity contribution in [1.29, 1.82) is 0 Å². The smallest absolute Gasteiger partial charge is 0.197 e. The molecule has 3 nitrogen and oxygen atoms in total. The van der Waals surface area contributed by atoms with Gasteiger partial charge in [-0.05, 0) is 48.8 Å². The molecule has 0 saturated heterocycles. The molecule has 0 heterocycles. The molecule has 3 heteroatoms. The molecule has 0 saturated carbocycles. The second-order valence-corrected chi connectivity index (χ2v) is 6.78. The minimum Gasteiger partial charge on any atom is -0.465 e. The lowest BCUT2D eigenvalue weighted by Crippen LogP contribution is -2.20. The first-order valence-corrected chi connectivity index (χ1v) is 7.94. The second kappa shape index (κ2) is 8.40. The molecule has 2 N–H and O–H groups in total. The van der Waals surface area contributed by atoms with E-state index in [9.17, 15) is 0 Å². The first kappa shape index (κ1) is 18.0. The molecule has 0 aliphatic rings. The molecular formula is C18H31NO2. The Kier molecular flexibility index (Phi) is 7.20. The van der Waals surface area contributed by atoms with E-state index in [0.29, 0.717) is 24.5 Å². The van der Waals surface area contributed by atoms with E-state index in [1.54, 1.807) is 0 Å². The minimum atomic E-state index is -0.268. The van der Waals surface area contributed by atoms with Gasteiger partial charge in [-0.2, -0.15) is 0 Å². The topological polar surface area (TPSA) is 44.5 Å². The van der Waals surface area contributed by atoms with Crippen molar-refractivity contribution >= 4 is 0 Å². The Morgan fingerprint density at radius 2 is 1.76 bits per heavy atom. The third-order valence-corrected chi connectivity index (χ3v) is 3.48. The number of ether oxygens (including phenoxy) is 2. The highest BCUT2D eigenvalue weighted by molar-refractivity contribution is 5.29. The van der Waals surface area contributed by atoms with Crippen LogP contribution in [0.3, 0.4) is 0 Å². The molecule has 21 heavy (non-hydrogen) atoms. The quantitative estimate of drug-likeness (QED) is 0.726. The molecule has 0 spiro atoms. The molecule has 1 aromatic rings. The monoisotopic (exact) mass is 293 g/mol. The molecule has 0 amide bonds. The van der Waals surface area contributed by atoms with Crippen LogP contribution >= 0.6 is 0 Å². The maximum Gasteiger partial charge on any atom is 0.197 e. The number of hydrogen-bond donors (Lipinski definition) is 1. The number of hydrogen-bond acceptors (Lipinski definition) is 3. The predicted octanol–water partition coefficient (Wildman–Crippen LogP) is 4.32. The zero-order valence-corrected chi connectivity index (χ0v) is 14.2. The first-order valence-electron chi connectivity index (χ1n) is 7.94. The van der Waals surface area contributed by atoms with Gasteiger partial charge >= 0.3 is 0 Å². The lowest BCUT2D eigenvalue weighted by Gasteiger charge is -2.25. The van der Waals surface area contributed by atoms with Gasteiger partial charge in [-0.15, -0.1) is 0 Å². The van der Waals surface area contributed by atoms with Crippen LogP contribution in [0.4, 0.5) is 0 Å². The Bertz CT molecular complexity index is 395. The highest BCUT2D eigenvalue weighted by Crippen LogP contribution is 2.34. The van der Waals surface area contributed by atoms with Crippen molar-refractivity contribution in [3.63, 3.8) is 0 Å². The van der Waals surface area contributed by atoms with Crippen LogP contribution in [0.1, 0.15) is 58.9 Å². The molecular weight excluding hydrogens is 262 g/mol. The SMILES string of the molecule is CCC(CC(C)(C)C)c1ccc(OC(C)OCCN)cc1. The predicted molar refractivity (Wildman–Crippen MR) is 88.6 cm³/mol. The van der Waals surface area contributed by atoms with Crippen LogP contribution in [0.25, 0.3) is 0 Å². The maximum atomic E-state index is 5.71. The summed E-state index contributed by atoms with van der Waals surface area (Å²) < 4.78 is 11.1. The summed E-state index contributed by atoms with van der Waals surface area (Å²) in [5.74, 6) is 1.44. The van der Waals surface area contributed by atoms with Crippen LogP contribution in [0.2, 0.25) is 0 Å². The van der Waals surface area contributed by atoms with E-state index < -0.39 is 0 Å². The van der Waals surface area contributed by atoms with Crippen LogP contribution in [-0.4, -0.2) is 19.4 Å². The van der Waals surface area contributed by atoms with Crippen LogP contribution in [0, 0.1) is 5.41 Å². The summed E-state index contributed by atoms with van der Waals surface area (Å²) in [6.07, 6.45) is 2.09. The largest absolute Gasteiger partial charge is 0.465 e. The van der Waals surface area contributed by atoms with E-state index in [1.165, 1.54) is 12.0 Å². The normalized spacial score (nSPS) is 14.8. The van der Waals surface area contributed by atoms with E-state index in [0.717, 1.165) is 12.2 Å². The summed E-state index contributed by atoms with van der Waals surface area (Å²) in [6.45, 7) is 12.1. The van der Waals surface area contributed by atoms with Gasteiger partial charge in [0.05, 0.1) is 6.61 Å². The minimum absolute atomic E-state index is 0.268. The van der Waals surface area contributed by atoms with Gasteiger partial charge in [-0.1, -0.05) is 39.8 Å². The summed E-state index contributed by atoms with van der Waals surface area (Å²) in [4.78, 5) is 0. The number of nitrogens with two attached hydrogens (primary N) is 1. The Balaban J connectivity index is 2.63. The van der Waals surface area contributed by atoms with Gasteiger partial charge in [0.2, 0.25) is 0 Å². The summed E-state index contributed by atoms with van der Waals surface area (Å²) >= 11 is 0. The lowest BCUT2D eigenvalue weighted by atomic mass is 9.80. The van der Waals surface area contributed by atoms with Crippen LogP contribution in [-0.2, 0) is 4.74 Å². The second-order valence-electron chi connectivity index (χ2n) is 6.78. The van der Waals surface area contributed by atoms with Crippen LogP contribution in [0.5, 0.6) is 5.75 Å². The maximum absolute atomic E-state index is 5.71. The molecule has 120 valence electrons. The van der Waals surface area contributed by atoms with Gasteiger partial charge in [0, 0.05) is 6.54 Å². The fourth-order valence-electron chi connectivity index (χ4n) is 2.52.